The molecule has 5 rings (SSSR count). The summed E-state index contributed by atoms with van der Waals surface area (Å²) in [5.41, 5.74) is 11.4. The number of halogens is 1. The molecule has 0 aliphatic rings. The van der Waals surface area contributed by atoms with Gasteiger partial charge in [0.25, 0.3) is 0 Å². The van der Waals surface area contributed by atoms with E-state index in [2.05, 4.69) is 4.98 Å². The zero-order valence-corrected chi connectivity index (χ0v) is 24.6. The third-order valence-corrected chi connectivity index (χ3v) is 7.79. The number of nitrogens with two attached hydrogens (primary N) is 1. The average Bonchev–Trinajstić information content (AvgIpc) is 3.32. The van der Waals surface area contributed by atoms with Crippen molar-refractivity contribution in [3.05, 3.63) is 88.6 Å². The van der Waals surface area contributed by atoms with E-state index in [1.807, 2.05) is 58.0 Å². The molecule has 0 saturated carbocycles. The number of nitrogens with zero attached hydrogens (tertiary/aromatic N) is 2. The highest BCUT2D eigenvalue weighted by molar-refractivity contribution is 7.22. The summed E-state index contributed by atoms with van der Waals surface area (Å²) in [6.07, 6.45) is 1.54. The molecule has 2 aromatic heterocycles. The Morgan fingerprint density at radius 1 is 1.05 bits per heavy atom. The first-order valence-corrected chi connectivity index (χ1v) is 14.1. The van der Waals surface area contributed by atoms with Gasteiger partial charge < -0.3 is 15.6 Å². The molecule has 41 heavy (non-hydrogen) atoms. The van der Waals surface area contributed by atoms with Crippen LogP contribution in [0.4, 0.5) is 0 Å². The molecule has 7 nitrogen and oxygen atoms in total. The van der Waals surface area contributed by atoms with E-state index >= 15 is 0 Å². The predicted octanol–water partition coefficient (Wildman–Crippen LogP) is 7.56. The van der Waals surface area contributed by atoms with Crippen LogP contribution in [0.1, 0.15) is 42.3 Å². The second-order valence-electron chi connectivity index (χ2n) is 10.7. The Morgan fingerprint density at radius 3 is 2.54 bits per heavy atom. The van der Waals surface area contributed by atoms with Crippen molar-refractivity contribution in [2.24, 2.45) is 5.73 Å². The first-order chi connectivity index (χ1) is 19.4. The molecule has 0 atom stereocenters. The van der Waals surface area contributed by atoms with Crippen LogP contribution < -0.4 is 10.5 Å². The zero-order valence-electron chi connectivity index (χ0n) is 23.0. The monoisotopic (exact) mass is 585 g/mol. The number of carboxylic acids is 1. The Balaban J connectivity index is 1.72. The number of aryl methyl sites for hydroxylation is 1. The number of benzene rings is 3. The quantitative estimate of drug-likeness (QED) is 0.204. The molecular formula is C32H28ClN3O4S. The number of hydrogen-bond acceptors (Lipinski definition) is 6. The molecule has 3 aromatic carbocycles. The standard InChI is InChI=1S/C32H28ClN3O4S/c1-17-12-25-29(28(23(17)16-27(37)38)22-9-8-21(33)15-26(22)40-32(2,3)4)41-31(36-25)20-10-11-35-24(14-20)18-6-5-7-19(13-18)30(34)39/h5-15H,16H2,1-4H3,(H2,34,39)(H,37,38). The van der Waals surface area contributed by atoms with E-state index in [4.69, 9.17) is 27.1 Å². The van der Waals surface area contributed by atoms with Crippen molar-refractivity contribution >= 4 is 45.0 Å². The third kappa shape index (κ3) is 6.09. The number of aromatic nitrogens is 2. The van der Waals surface area contributed by atoms with Crippen LogP contribution in [0.3, 0.4) is 0 Å². The third-order valence-electron chi connectivity index (χ3n) is 6.42. The van der Waals surface area contributed by atoms with Crippen LogP contribution in [0.5, 0.6) is 5.75 Å². The molecule has 0 fully saturated rings. The van der Waals surface area contributed by atoms with E-state index in [9.17, 15) is 14.7 Å². The largest absolute Gasteiger partial charge is 0.487 e. The lowest BCUT2D eigenvalue weighted by atomic mass is 9.92. The van der Waals surface area contributed by atoms with Gasteiger partial charge in [-0.05, 0) is 87.4 Å². The second kappa shape index (κ2) is 11.0. The fraction of sp³-hybridized carbons (Fsp3) is 0.188. The van der Waals surface area contributed by atoms with Gasteiger partial charge in [0.1, 0.15) is 16.4 Å². The maximum atomic E-state index is 12.0. The summed E-state index contributed by atoms with van der Waals surface area (Å²) in [7, 11) is 0. The minimum absolute atomic E-state index is 0.155. The van der Waals surface area contributed by atoms with Gasteiger partial charge in [-0.2, -0.15) is 0 Å². The highest BCUT2D eigenvalue weighted by atomic mass is 35.5. The topological polar surface area (TPSA) is 115 Å². The van der Waals surface area contributed by atoms with Crippen molar-refractivity contribution in [3.63, 3.8) is 0 Å². The van der Waals surface area contributed by atoms with Crippen LogP contribution in [-0.2, 0) is 11.2 Å². The number of rotatable bonds is 7. The van der Waals surface area contributed by atoms with Crippen molar-refractivity contribution in [2.75, 3.05) is 0 Å². The average molecular weight is 586 g/mol. The van der Waals surface area contributed by atoms with Crippen molar-refractivity contribution < 1.29 is 19.4 Å². The number of carbonyl (C=O) groups excluding carboxylic acids is 1. The van der Waals surface area contributed by atoms with Crippen molar-refractivity contribution in [2.45, 2.75) is 39.7 Å². The molecule has 0 bridgehead atoms. The normalized spacial score (nSPS) is 11.5. The number of amides is 1. The minimum atomic E-state index is -0.928. The van der Waals surface area contributed by atoms with Gasteiger partial charge in [-0.25, -0.2) is 4.98 Å². The lowest BCUT2D eigenvalue weighted by molar-refractivity contribution is -0.136. The molecule has 208 valence electrons. The molecule has 0 saturated heterocycles. The van der Waals surface area contributed by atoms with Gasteiger partial charge in [-0.1, -0.05) is 23.7 Å². The van der Waals surface area contributed by atoms with Gasteiger partial charge in [0, 0.05) is 39.0 Å². The Labute approximate surface area is 246 Å². The molecule has 5 aromatic rings. The van der Waals surface area contributed by atoms with E-state index in [1.165, 1.54) is 11.3 Å². The van der Waals surface area contributed by atoms with Gasteiger partial charge in [-0.15, -0.1) is 11.3 Å². The number of fused-ring (bicyclic) bond motifs is 1. The molecule has 0 aliphatic carbocycles. The Morgan fingerprint density at radius 2 is 1.83 bits per heavy atom. The van der Waals surface area contributed by atoms with Crippen molar-refractivity contribution in [3.8, 4) is 38.7 Å². The minimum Gasteiger partial charge on any atom is -0.487 e. The first kappa shape index (κ1) is 28.3. The molecule has 2 heterocycles. The lowest BCUT2D eigenvalue weighted by Crippen LogP contribution is -2.23. The summed E-state index contributed by atoms with van der Waals surface area (Å²) >= 11 is 7.84. The maximum absolute atomic E-state index is 12.0. The Kier molecular flexibility index (Phi) is 7.55. The van der Waals surface area contributed by atoms with Gasteiger partial charge in [0.15, 0.2) is 0 Å². The molecule has 0 unspecified atom stereocenters. The molecule has 9 heteroatoms. The number of hydrogen-bond donors (Lipinski definition) is 2. The highest BCUT2D eigenvalue weighted by Gasteiger charge is 2.24. The molecule has 3 N–H and O–H groups in total. The van der Waals surface area contributed by atoms with Crippen LogP contribution >= 0.6 is 22.9 Å². The number of thiazole rings is 1. The van der Waals surface area contributed by atoms with E-state index in [0.717, 1.165) is 43.0 Å². The number of carbonyl (C=O) groups is 2. The van der Waals surface area contributed by atoms with Gasteiger partial charge in [0.05, 0.1) is 22.3 Å². The summed E-state index contributed by atoms with van der Waals surface area (Å²) in [6, 6.07) is 18.1. The molecule has 0 radical (unpaired) electrons. The van der Waals surface area contributed by atoms with Crippen molar-refractivity contribution in [1.29, 1.82) is 0 Å². The number of ether oxygens (including phenoxy) is 1. The smallest absolute Gasteiger partial charge is 0.307 e. The molecule has 1 amide bonds. The van der Waals surface area contributed by atoms with Gasteiger partial charge in [0.2, 0.25) is 5.91 Å². The number of primary amides is 1. The molecular weight excluding hydrogens is 558 g/mol. The number of aliphatic carboxylic acids is 1. The second-order valence-corrected chi connectivity index (χ2v) is 12.2. The van der Waals surface area contributed by atoms with Gasteiger partial charge >= 0.3 is 5.97 Å². The van der Waals surface area contributed by atoms with Crippen LogP contribution in [0.2, 0.25) is 5.02 Å². The number of pyridine rings is 1. The van der Waals surface area contributed by atoms with Gasteiger partial charge in [-0.3, -0.25) is 14.6 Å². The summed E-state index contributed by atoms with van der Waals surface area (Å²) in [5.74, 6) is -0.868. The zero-order chi connectivity index (χ0) is 29.5. The SMILES string of the molecule is Cc1cc2nc(-c3ccnc(-c4cccc(C(N)=O)c4)c3)sc2c(-c2ccc(Cl)cc2OC(C)(C)C)c1CC(=O)O. The summed E-state index contributed by atoms with van der Waals surface area (Å²) in [5, 5.41) is 11.1. The lowest BCUT2D eigenvalue weighted by Gasteiger charge is -2.24. The van der Waals surface area contributed by atoms with Crippen molar-refractivity contribution in [1.82, 2.24) is 9.97 Å². The fourth-order valence-electron chi connectivity index (χ4n) is 4.69. The van der Waals surface area contributed by atoms with E-state index < -0.39 is 17.5 Å². The Bertz CT molecular complexity index is 1820. The van der Waals surface area contributed by atoms with E-state index in [-0.39, 0.29) is 6.42 Å². The summed E-state index contributed by atoms with van der Waals surface area (Å²) < 4.78 is 7.16. The maximum Gasteiger partial charge on any atom is 0.307 e. The van der Waals surface area contributed by atoms with E-state index in [0.29, 0.717) is 27.6 Å². The van der Waals surface area contributed by atoms with Crippen LogP contribution in [0.25, 0.3) is 43.2 Å². The summed E-state index contributed by atoms with van der Waals surface area (Å²) in [6.45, 7) is 7.75. The molecule has 0 aliphatic heterocycles. The molecule has 0 spiro atoms. The van der Waals surface area contributed by atoms with E-state index in [1.54, 1.807) is 36.5 Å². The van der Waals surface area contributed by atoms with Crippen LogP contribution in [-0.4, -0.2) is 32.6 Å². The van der Waals surface area contributed by atoms with Crippen LogP contribution in [0, 0.1) is 6.92 Å². The Hall–Kier alpha value is -4.27. The first-order valence-electron chi connectivity index (χ1n) is 12.9. The fourth-order valence-corrected chi connectivity index (χ4v) is 5.98. The summed E-state index contributed by atoms with van der Waals surface area (Å²) in [4.78, 5) is 33.1. The van der Waals surface area contributed by atoms with Crippen LogP contribution in [0.15, 0.2) is 66.9 Å². The number of carboxylic acid groups (broad SMARTS) is 1. The predicted molar refractivity (Wildman–Crippen MR) is 164 cm³/mol. The highest BCUT2D eigenvalue weighted by Crippen LogP contribution is 2.45.